The van der Waals surface area contributed by atoms with Gasteiger partial charge in [-0.25, -0.2) is 9.98 Å². The van der Waals surface area contributed by atoms with Crippen LogP contribution in [-0.4, -0.2) is 11.7 Å². The highest BCUT2D eigenvalue weighted by Gasteiger charge is 2.22. The Balaban J connectivity index is 1.25. The predicted octanol–water partition coefficient (Wildman–Crippen LogP) is 8.90. The number of furan rings is 1. The first-order valence-electron chi connectivity index (χ1n) is 13.8. The van der Waals surface area contributed by atoms with Crippen LogP contribution in [0.15, 0.2) is 154 Å². The van der Waals surface area contributed by atoms with Crippen LogP contribution in [0.25, 0.3) is 43.8 Å². The van der Waals surface area contributed by atoms with Gasteiger partial charge in [0, 0.05) is 33.0 Å². The van der Waals surface area contributed by atoms with E-state index in [1.807, 2.05) is 48.5 Å². The lowest BCUT2D eigenvalue weighted by atomic mass is 9.96. The Morgan fingerprint density at radius 3 is 2.10 bits per heavy atom. The van der Waals surface area contributed by atoms with Gasteiger partial charge in [0.2, 0.25) is 0 Å². The van der Waals surface area contributed by atoms with E-state index in [9.17, 15) is 0 Å². The van der Waals surface area contributed by atoms with E-state index >= 15 is 0 Å². The van der Waals surface area contributed by atoms with Crippen molar-refractivity contribution < 1.29 is 4.42 Å². The topological polar surface area (TPSA) is 49.9 Å². The molecule has 1 N–H and O–H groups in total. The van der Waals surface area contributed by atoms with E-state index in [2.05, 4.69) is 96.3 Å². The molecule has 1 aliphatic rings. The first kappa shape index (κ1) is 23.4. The van der Waals surface area contributed by atoms with Gasteiger partial charge < -0.3 is 9.73 Å². The number of para-hydroxylation sites is 1. The third-order valence-electron chi connectivity index (χ3n) is 7.74. The van der Waals surface area contributed by atoms with Crippen LogP contribution in [0.4, 0.5) is 0 Å². The summed E-state index contributed by atoms with van der Waals surface area (Å²) in [5.41, 5.74) is 7.01. The van der Waals surface area contributed by atoms with Crippen LogP contribution in [0.3, 0.4) is 0 Å². The van der Waals surface area contributed by atoms with Crippen LogP contribution in [-0.2, 0) is 0 Å². The maximum Gasteiger partial charge on any atom is 0.159 e. The van der Waals surface area contributed by atoms with Crippen LogP contribution in [0.1, 0.15) is 22.9 Å². The minimum atomic E-state index is -0.312. The molecule has 0 amide bonds. The summed E-state index contributed by atoms with van der Waals surface area (Å²) in [7, 11) is 0. The fraction of sp³-hybridized carbons (Fsp3) is 0.0270. The second kappa shape index (κ2) is 9.61. The third kappa shape index (κ3) is 4.09. The van der Waals surface area contributed by atoms with Gasteiger partial charge in [0.15, 0.2) is 5.84 Å². The van der Waals surface area contributed by atoms with Crippen molar-refractivity contribution in [1.29, 1.82) is 0 Å². The number of benzene rings is 6. The van der Waals surface area contributed by atoms with E-state index in [-0.39, 0.29) is 6.17 Å². The molecule has 1 aromatic heterocycles. The van der Waals surface area contributed by atoms with Gasteiger partial charge in [0.25, 0.3) is 0 Å². The summed E-state index contributed by atoms with van der Waals surface area (Å²) in [5.74, 6) is 1.50. The Hall–Kier alpha value is -5.48. The van der Waals surface area contributed by atoms with Gasteiger partial charge in [-0.05, 0) is 22.4 Å². The van der Waals surface area contributed by atoms with Crippen LogP contribution < -0.4 is 5.32 Å². The van der Waals surface area contributed by atoms with Crippen molar-refractivity contribution in [2.75, 3.05) is 0 Å². The van der Waals surface area contributed by atoms with E-state index in [4.69, 9.17) is 14.4 Å². The summed E-state index contributed by atoms with van der Waals surface area (Å²) in [6.07, 6.45) is -0.312. The average Bonchev–Trinajstić information content (AvgIpc) is 3.43. The summed E-state index contributed by atoms with van der Waals surface area (Å²) in [5, 5.41) is 8.18. The van der Waals surface area contributed by atoms with Crippen molar-refractivity contribution in [2.24, 2.45) is 9.98 Å². The fourth-order valence-corrected chi connectivity index (χ4v) is 5.74. The van der Waals surface area contributed by atoms with E-state index in [0.717, 1.165) is 50.0 Å². The van der Waals surface area contributed by atoms with Crippen LogP contribution in [0.5, 0.6) is 0 Å². The number of nitrogens with zero attached hydrogens (tertiary/aromatic N) is 2. The van der Waals surface area contributed by atoms with E-state index in [0.29, 0.717) is 5.84 Å². The highest BCUT2D eigenvalue weighted by molar-refractivity contribution is 6.14. The van der Waals surface area contributed by atoms with Gasteiger partial charge in [-0.1, -0.05) is 133 Å². The fourth-order valence-electron chi connectivity index (χ4n) is 5.74. The second-order valence-electron chi connectivity index (χ2n) is 10.3. The standard InChI is InChI=1S/C37H25N3O/c1-3-12-25(13-4-1)35-38-36(26-14-5-2-6-15-26)40-37(39-35)27-21-22-30-32-20-10-19-31(34(32)41-33(30)23-27)29-18-9-16-24-11-7-8-17-28(24)29/h1-23,37H,(H,38,39,40). The predicted molar refractivity (Wildman–Crippen MR) is 168 cm³/mol. The quantitative estimate of drug-likeness (QED) is 0.248. The van der Waals surface area contributed by atoms with Crippen molar-refractivity contribution in [3.05, 3.63) is 156 Å². The van der Waals surface area contributed by atoms with Crippen LogP contribution in [0, 0.1) is 0 Å². The Morgan fingerprint density at radius 2 is 1.24 bits per heavy atom. The Kier molecular flexibility index (Phi) is 5.49. The molecule has 0 radical (unpaired) electrons. The van der Waals surface area contributed by atoms with Crippen molar-refractivity contribution in [2.45, 2.75) is 6.17 Å². The molecule has 0 bridgehead atoms. The van der Waals surface area contributed by atoms with Crippen LogP contribution in [0.2, 0.25) is 0 Å². The number of rotatable bonds is 4. The molecule has 0 saturated heterocycles. The summed E-state index contributed by atoms with van der Waals surface area (Å²) >= 11 is 0. The molecule has 4 heteroatoms. The number of hydrogen-bond donors (Lipinski definition) is 1. The molecule has 1 unspecified atom stereocenters. The molecule has 0 saturated carbocycles. The number of fused-ring (bicyclic) bond motifs is 4. The average molecular weight is 528 g/mol. The number of hydrogen-bond acceptors (Lipinski definition) is 4. The Morgan fingerprint density at radius 1 is 0.561 bits per heavy atom. The van der Waals surface area contributed by atoms with Gasteiger partial charge in [0.05, 0.1) is 0 Å². The first-order chi connectivity index (χ1) is 20.3. The molecule has 8 rings (SSSR count). The Bertz CT molecular complexity index is 2120. The molecule has 0 spiro atoms. The summed E-state index contributed by atoms with van der Waals surface area (Å²) in [4.78, 5) is 9.93. The summed E-state index contributed by atoms with van der Waals surface area (Å²) < 4.78 is 6.63. The molecular formula is C37H25N3O. The molecule has 194 valence electrons. The van der Waals surface area contributed by atoms with E-state index < -0.39 is 0 Å². The smallest absolute Gasteiger partial charge is 0.159 e. The maximum absolute atomic E-state index is 6.63. The molecule has 4 nitrogen and oxygen atoms in total. The van der Waals surface area contributed by atoms with E-state index in [1.165, 1.54) is 16.3 Å². The first-order valence-corrected chi connectivity index (χ1v) is 13.8. The third-order valence-corrected chi connectivity index (χ3v) is 7.74. The van der Waals surface area contributed by atoms with Gasteiger partial charge >= 0.3 is 0 Å². The molecule has 41 heavy (non-hydrogen) atoms. The minimum Gasteiger partial charge on any atom is -0.455 e. The number of aliphatic imine (C=N–C) groups is 2. The van der Waals surface area contributed by atoms with Gasteiger partial charge in [-0.15, -0.1) is 0 Å². The zero-order valence-electron chi connectivity index (χ0n) is 22.2. The lowest BCUT2D eigenvalue weighted by molar-refractivity contribution is 0.655. The largest absolute Gasteiger partial charge is 0.455 e. The van der Waals surface area contributed by atoms with Gasteiger partial charge in [-0.3, -0.25) is 0 Å². The molecule has 1 aliphatic heterocycles. The normalized spacial score (nSPS) is 15.1. The second-order valence-corrected chi connectivity index (χ2v) is 10.3. The zero-order chi connectivity index (χ0) is 27.2. The number of amidine groups is 2. The zero-order valence-corrected chi connectivity index (χ0v) is 22.2. The van der Waals surface area contributed by atoms with Gasteiger partial charge in [0.1, 0.15) is 23.2 Å². The molecule has 6 aromatic carbocycles. The highest BCUT2D eigenvalue weighted by atomic mass is 16.3. The number of nitrogens with one attached hydrogen (secondary N) is 1. The lowest BCUT2D eigenvalue weighted by Crippen LogP contribution is -2.33. The maximum atomic E-state index is 6.63. The molecule has 0 aliphatic carbocycles. The lowest BCUT2D eigenvalue weighted by Gasteiger charge is -2.23. The van der Waals surface area contributed by atoms with Crippen molar-refractivity contribution in [3.8, 4) is 11.1 Å². The molecule has 0 fully saturated rings. The van der Waals surface area contributed by atoms with E-state index in [1.54, 1.807) is 0 Å². The molecular weight excluding hydrogens is 502 g/mol. The monoisotopic (exact) mass is 527 g/mol. The van der Waals surface area contributed by atoms with Crippen molar-refractivity contribution in [3.63, 3.8) is 0 Å². The molecule has 1 atom stereocenters. The minimum absolute atomic E-state index is 0.312. The Labute approximate surface area is 237 Å². The molecule has 7 aromatic rings. The SMILES string of the molecule is c1ccc(C2=NC(c3ccc4c(c3)oc3c(-c5cccc6ccccc56)cccc34)NC(c3ccccc3)=N2)cc1. The summed E-state index contributed by atoms with van der Waals surface area (Å²) in [6, 6.07) is 48.0. The summed E-state index contributed by atoms with van der Waals surface area (Å²) in [6.45, 7) is 0. The van der Waals surface area contributed by atoms with Crippen molar-refractivity contribution >= 4 is 44.4 Å². The van der Waals surface area contributed by atoms with Gasteiger partial charge in [-0.2, -0.15) is 0 Å². The van der Waals surface area contributed by atoms with Crippen LogP contribution >= 0.6 is 0 Å². The van der Waals surface area contributed by atoms with Crippen molar-refractivity contribution in [1.82, 2.24) is 5.32 Å². The highest BCUT2D eigenvalue weighted by Crippen LogP contribution is 2.39. The molecule has 2 heterocycles.